The molecule has 2 aromatic heterocycles. The summed E-state index contributed by atoms with van der Waals surface area (Å²) < 4.78 is 14.1. The van der Waals surface area contributed by atoms with Crippen LogP contribution >= 0.6 is 0 Å². The van der Waals surface area contributed by atoms with Gasteiger partial charge in [0.1, 0.15) is 0 Å². The molecule has 2 heterocycles. The number of nitrogens with one attached hydrogen (secondary N) is 3. The Hall–Kier alpha value is -3.59. The lowest BCUT2D eigenvalue weighted by molar-refractivity contribution is 0.0962. The molecule has 3 rings (SSSR count). The van der Waals surface area contributed by atoms with Gasteiger partial charge in [0.05, 0.1) is 11.3 Å². The van der Waals surface area contributed by atoms with E-state index in [4.69, 9.17) is 5.73 Å². The standard InChI is InChI=1S/C19H20FN7O/c1-12(21)10-24-18-16(20)9-14(11-25-18)19(28)27-26-15-5-2-4-13(8-15)17-22-6-3-7-23-17/h2-9,11-12,26H,10,21H2,1H3,(H,24,25)(H,27,28). The molecule has 0 spiro atoms. The van der Waals surface area contributed by atoms with Crippen molar-refractivity contribution < 1.29 is 9.18 Å². The number of carbonyl (C=O) groups is 1. The topological polar surface area (TPSA) is 118 Å². The highest BCUT2D eigenvalue weighted by atomic mass is 19.1. The van der Waals surface area contributed by atoms with E-state index in [1.165, 1.54) is 6.20 Å². The minimum Gasteiger partial charge on any atom is -0.366 e. The Morgan fingerprint density at radius 3 is 2.68 bits per heavy atom. The van der Waals surface area contributed by atoms with Gasteiger partial charge in [0.2, 0.25) is 0 Å². The van der Waals surface area contributed by atoms with Crippen molar-refractivity contribution >= 4 is 17.4 Å². The Balaban J connectivity index is 1.63. The summed E-state index contributed by atoms with van der Waals surface area (Å²) in [6.45, 7) is 2.16. The predicted octanol–water partition coefficient (Wildman–Crippen LogP) is 2.19. The number of amides is 1. The average Bonchev–Trinajstić information content (AvgIpc) is 2.72. The maximum absolute atomic E-state index is 14.1. The zero-order chi connectivity index (χ0) is 19.9. The lowest BCUT2D eigenvalue weighted by Gasteiger charge is -2.11. The molecule has 1 unspecified atom stereocenters. The molecule has 8 nitrogen and oxygen atoms in total. The first-order valence-electron chi connectivity index (χ1n) is 8.62. The number of carbonyl (C=O) groups excluding carboxylic acids is 1. The lowest BCUT2D eigenvalue weighted by Crippen LogP contribution is -2.30. The average molecular weight is 381 g/mol. The van der Waals surface area contributed by atoms with Gasteiger partial charge in [-0.25, -0.2) is 19.3 Å². The van der Waals surface area contributed by atoms with Gasteiger partial charge in [-0.3, -0.25) is 15.6 Å². The van der Waals surface area contributed by atoms with E-state index in [0.29, 0.717) is 18.1 Å². The minimum atomic E-state index is -0.628. The molecule has 1 atom stereocenters. The molecule has 1 amide bonds. The lowest BCUT2D eigenvalue weighted by atomic mass is 10.2. The van der Waals surface area contributed by atoms with Crippen molar-refractivity contribution in [2.45, 2.75) is 13.0 Å². The zero-order valence-electron chi connectivity index (χ0n) is 15.2. The van der Waals surface area contributed by atoms with Crippen LogP contribution in [0.1, 0.15) is 17.3 Å². The van der Waals surface area contributed by atoms with Crippen LogP contribution in [-0.2, 0) is 0 Å². The van der Waals surface area contributed by atoms with Crippen molar-refractivity contribution in [2.75, 3.05) is 17.3 Å². The molecule has 5 N–H and O–H groups in total. The van der Waals surface area contributed by atoms with Gasteiger partial charge in [-0.05, 0) is 31.2 Å². The summed E-state index contributed by atoms with van der Waals surface area (Å²) in [5.41, 5.74) is 12.4. The molecule has 3 aromatic rings. The highest BCUT2D eigenvalue weighted by Crippen LogP contribution is 2.18. The third-order valence-electron chi connectivity index (χ3n) is 3.70. The van der Waals surface area contributed by atoms with E-state index in [0.717, 1.165) is 11.6 Å². The highest BCUT2D eigenvalue weighted by Gasteiger charge is 2.11. The molecule has 144 valence electrons. The molecule has 0 saturated carbocycles. The third-order valence-corrected chi connectivity index (χ3v) is 3.70. The van der Waals surface area contributed by atoms with Gasteiger partial charge in [0, 0.05) is 36.7 Å². The van der Waals surface area contributed by atoms with E-state index in [1.807, 2.05) is 6.07 Å². The molecule has 1 aromatic carbocycles. The van der Waals surface area contributed by atoms with Crippen LogP contribution in [-0.4, -0.2) is 33.4 Å². The largest absolute Gasteiger partial charge is 0.366 e. The number of hydrogen-bond donors (Lipinski definition) is 4. The fourth-order valence-electron chi connectivity index (χ4n) is 2.34. The number of nitrogens with two attached hydrogens (primary N) is 1. The smallest absolute Gasteiger partial charge is 0.271 e. The van der Waals surface area contributed by atoms with Gasteiger partial charge in [0.15, 0.2) is 17.5 Å². The Morgan fingerprint density at radius 1 is 1.18 bits per heavy atom. The number of anilines is 2. The monoisotopic (exact) mass is 381 g/mol. The number of hydrogen-bond acceptors (Lipinski definition) is 7. The summed E-state index contributed by atoms with van der Waals surface area (Å²) in [5, 5.41) is 2.79. The van der Waals surface area contributed by atoms with E-state index in [9.17, 15) is 9.18 Å². The maximum Gasteiger partial charge on any atom is 0.271 e. The van der Waals surface area contributed by atoms with Crippen LogP contribution in [0.3, 0.4) is 0 Å². The van der Waals surface area contributed by atoms with Crippen molar-refractivity contribution in [2.24, 2.45) is 5.73 Å². The first kappa shape index (κ1) is 19.2. The quantitative estimate of drug-likeness (QED) is 0.463. The summed E-state index contributed by atoms with van der Waals surface area (Å²) >= 11 is 0. The van der Waals surface area contributed by atoms with Crippen molar-refractivity contribution in [1.29, 1.82) is 0 Å². The Labute approximate surface area is 161 Å². The van der Waals surface area contributed by atoms with Crippen LogP contribution in [0.15, 0.2) is 55.0 Å². The van der Waals surface area contributed by atoms with Crippen molar-refractivity contribution in [3.63, 3.8) is 0 Å². The molecule has 0 aliphatic heterocycles. The number of hydrazine groups is 1. The minimum absolute atomic E-state index is 0.0531. The maximum atomic E-state index is 14.1. The summed E-state index contributed by atoms with van der Waals surface area (Å²) in [6, 6.07) is 9.92. The number of aromatic nitrogens is 3. The van der Waals surface area contributed by atoms with E-state index in [2.05, 4.69) is 31.1 Å². The van der Waals surface area contributed by atoms with Crippen molar-refractivity contribution in [1.82, 2.24) is 20.4 Å². The molecule has 0 bridgehead atoms. The molecule has 0 fully saturated rings. The molecular weight excluding hydrogens is 361 g/mol. The second-order valence-electron chi connectivity index (χ2n) is 6.14. The molecule has 0 saturated heterocycles. The van der Waals surface area contributed by atoms with Gasteiger partial charge in [-0.2, -0.15) is 0 Å². The van der Waals surface area contributed by atoms with Crippen LogP contribution in [0.25, 0.3) is 11.4 Å². The molecule has 0 radical (unpaired) electrons. The second kappa shape index (κ2) is 8.87. The SMILES string of the molecule is CC(N)CNc1ncc(C(=O)NNc2cccc(-c3ncccn3)c2)cc1F. The Morgan fingerprint density at radius 2 is 1.96 bits per heavy atom. The fourth-order valence-corrected chi connectivity index (χ4v) is 2.34. The number of rotatable bonds is 7. The van der Waals surface area contributed by atoms with Gasteiger partial charge < -0.3 is 11.1 Å². The van der Waals surface area contributed by atoms with Gasteiger partial charge >= 0.3 is 0 Å². The third kappa shape index (κ3) is 4.98. The Bertz CT molecular complexity index is 950. The summed E-state index contributed by atoms with van der Waals surface area (Å²) in [7, 11) is 0. The number of benzene rings is 1. The zero-order valence-corrected chi connectivity index (χ0v) is 15.2. The number of nitrogens with zero attached hydrogens (tertiary/aromatic N) is 3. The van der Waals surface area contributed by atoms with Crippen LogP contribution in [0.5, 0.6) is 0 Å². The molecular formula is C19H20FN7O. The molecule has 9 heteroatoms. The summed E-state index contributed by atoms with van der Waals surface area (Å²) in [6.07, 6.45) is 4.59. The van der Waals surface area contributed by atoms with E-state index < -0.39 is 11.7 Å². The first-order chi connectivity index (χ1) is 13.5. The van der Waals surface area contributed by atoms with Crippen LogP contribution in [0.2, 0.25) is 0 Å². The van der Waals surface area contributed by atoms with Gasteiger partial charge in [-0.15, -0.1) is 0 Å². The van der Waals surface area contributed by atoms with Gasteiger partial charge in [-0.1, -0.05) is 12.1 Å². The number of pyridine rings is 1. The fraction of sp³-hybridized carbons (Fsp3) is 0.158. The van der Waals surface area contributed by atoms with Crippen molar-refractivity contribution in [3.8, 4) is 11.4 Å². The molecule has 28 heavy (non-hydrogen) atoms. The molecule has 0 aliphatic carbocycles. The highest BCUT2D eigenvalue weighted by molar-refractivity contribution is 5.94. The summed E-state index contributed by atoms with van der Waals surface area (Å²) in [5.74, 6) is -0.529. The van der Waals surface area contributed by atoms with E-state index >= 15 is 0 Å². The number of halogens is 1. The van der Waals surface area contributed by atoms with Gasteiger partial charge in [0.25, 0.3) is 5.91 Å². The van der Waals surface area contributed by atoms with E-state index in [-0.39, 0.29) is 17.4 Å². The molecule has 0 aliphatic rings. The van der Waals surface area contributed by atoms with Crippen molar-refractivity contribution in [3.05, 3.63) is 66.4 Å². The van der Waals surface area contributed by atoms with Crippen LogP contribution in [0, 0.1) is 5.82 Å². The van der Waals surface area contributed by atoms with Crippen LogP contribution < -0.4 is 21.9 Å². The second-order valence-corrected chi connectivity index (χ2v) is 6.14. The predicted molar refractivity (Wildman–Crippen MR) is 105 cm³/mol. The Kier molecular flexibility index (Phi) is 6.07. The van der Waals surface area contributed by atoms with Crippen LogP contribution in [0.4, 0.5) is 15.9 Å². The summed E-state index contributed by atoms with van der Waals surface area (Å²) in [4.78, 5) is 24.6. The van der Waals surface area contributed by atoms with E-state index in [1.54, 1.807) is 43.6 Å². The first-order valence-corrected chi connectivity index (χ1v) is 8.62. The normalized spacial score (nSPS) is 11.5.